The molecule has 0 fully saturated rings. The highest BCUT2D eigenvalue weighted by Crippen LogP contribution is 2.26. The maximum atomic E-state index is 12.3. The van der Waals surface area contributed by atoms with Crippen molar-refractivity contribution in [3.63, 3.8) is 0 Å². The highest BCUT2D eigenvalue weighted by molar-refractivity contribution is 7.99. The second-order valence-corrected chi connectivity index (χ2v) is 8.66. The lowest BCUT2D eigenvalue weighted by Gasteiger charge is -2.10. The molecule has 0 aliphatic heterocycles. The van der Waals surface area contributed by atoms with E-state index in [0.717, 1.165) is 17.1 Å². The van der Waals surface area contributed by atoms with Crippen molar-refractivity contribution < 1.29 is 9.53 Å². The number of amides is 1. The van der Waals surface area contributed by atoms with Crippen molar-refractivity contribution in [2.45, 2.75) is 25.5 Å². The first kappa shape index (κ1) is 22.9. The van der Waals surface area contributed by atoms with E-state index in [2.05, 4.69) is 35.9 Å². The molecule has 2 aromatic carbocycles. The van der Waals surface area contributed by atoms with Crippen LogP contribution >= 0.6 is 23.4 Å². The number of ether oxygens (including phenoxy) is 1. The highest BCUT2D eigenvalue weighted by Gasteiger charge is 2.15. The van der Waals surface area contributed by atoms with Crippen LogP contribution in [0, 0.1) is 5.92 Å². The van der Waals surface area contributed by atoms with E-state index >= 15 is 0 Å². The summed E-state index contributed by atoms with van der Waals surface area (Å²) >= 11 is 7.20. The number of nitrogens with one attached hydrogen (secondary N) is 1. The normalized spacial score (nSPS) is 10.8. The SMILES string of the molecule is C=CCn1c(SCC(=O)Nc2ccc(Cl)cc2)nnc1-c1ccc(OCC(C)C)cc1. The number of anilines is 1. The molecular weight excluding hydrogens is 432 g/mol. The molecule has 0 radical (unpaired) electrons. The van der Waals surface area contributed by atoms with Crippen LogP contribution in [0.2, 0.25) is 5.02 Å². The zero-order valence-corrected chi connectivity index (χ0v) is 19.1. The Morgan fingerprint density at radius 2 is 1.90 bits per heavy atom. The smallest absolute Gasteiger partial charge is 0.234 e. The van der Waals surface area contributed by atoms with Crippen molar-refractivity contribution in [3.8, 4) is 17.1 Å². The van der Waals surface area contributed by atoms with Gasteiger partial charge < -0.3 is 10.1 Å². The Balaban J connectivity index is 1.67. The van der Waals surface area contributed by atoms with E-state index in [1.54, 1.807) is 30.3 Å². The van der Waals surface area contributed by atoms with E-state index in [4.69, 9.17) is 16.3 Å². The molecule has 0 saturated heterocycles. The Bertz CT molecular complexity index is 1020. The van der Waals surface area contributed by atoms with Crippen LogP contribution < -0.4 is 10.1 Å². The molecule has 0 aliphatic rings. The lowest BCUT2D eigenvalue weighted by molar-refractivity contribution is -0.113. The van der Waals surface area contributed by atoms with Crippen LogP contribution in [0.1, 0.15) is 13.8 Å². The van der Waals surface area contributed by atoms with Crippen molar-refractivity contribution >= 4 is 35.0 Å². The van der Waals surface area contributed by atoms with Crippen molar-refractivity contribution in [2.75, 3.05) is 17.7 Å². The number of carbonyl (C=O) groups excluding carboxylic acids is 1. The topological polar surface area (TPSA) is 69.0 Å². The Morgan fingerprint density at radius 3 is 2.55 bits per heavy atom. The van der Waals surface area contributed by atoms with Crippen LogP contribution in [0.15, 0.2) is 66.3 Å². The van der Waals surface area contributed by atoms with Gasteiger partial charge in [0.1, 0.15) is 5.75 Å². The third-order valence-corrected chi connectivity index (χ3v) is 5.40. The summed E-state index contributed by atoms with van der Waals surface area (Å²) in [5.74, 6) is 2.08. The van der Waals surface area contributed by atoms with Crippen LogP contribution in [-0.2, 0) is 11.3 Å². The fourth-order valence-electron chi connectivity index (χ4n) is 2.73. The molecule has 0 aliphatic carbocycles. The van der Waals surface area contributed by atoms with Crippen LogP contribution in [0.25, 0.3) is 11.4 Å². The van der Waals surface area contributed by atoms with E-state index in [9.17, 15) is 4.79 Å². The average Bonchev–Trinajstić information content (AvgIpc) is 3.15. The van der Waals surface area contributed by atoms with Gasteiger partial charge >= 0.3 is 0 Å². The Labute approximate surface area is 191 Å². The molecule has 31 heavy (non-hydrogen) atoms. The van der Waals surface area contributed by atoms with Crippen molar-refractivity contribution in [1.82, 2.24) is 14.8 Å². The number of thioether (sulfide) groups is 1. The molecule has 1 amide bonds. The molecule has 0 bridgehead atoms. The largest absolute Gasteiger partial charge is 0.493 e. The minimum atomic E-state index is -0.131. The molecule has 1 heterocycles. The van der Waals surface area contributed by atoms with Crippen molar-refractivity contribution in [1.29, 1.82) is 0 Å². The molecule has 8 heteroatoms. The summed E-state index contributed by atoms with van der Waals surface area (Å²) in [6.45, 7) is 9.26. The summed E-state index contributed by atoms with van der Waals surface area (Å²) in [5.41, 5.74) is 1.62. The minimum Gasteiger partial charge on any atom is -0.493 e. The van der Waals surface area contributed by atoms with Crippen molar-refractivity contribution in [2.24, 2.45) is 5.92 Å². The van der Waals surface area contributed by atoms with Crippen molar-refractivity contribution in [3.05, 3.63) is 66.2 Å². The molecule has 0 spiro atoms. The van der Waals surface area contributed by atoms with Crippen LogP contribution in [0.5, 0.6) is 5.75 Å². The number of aromatic nitrogens is 3. The van der Waals surface area contributed by atoms with Gasteiger partial charge in [-0.3, -0.25) is 9.36 Å². The lowest BCUT2D eigenvalue weighted by Crippen LogP contribution is -2.14. The summed E-state index contributed by atoms with van der Waals surface area (Å²) in [7, 11) is 0. The number of halogens is 1. The summed E-state index contributed by atoms with van der Waals surface area (Å²) in [6.07, 6.45) is 1.78. The maximum absolute atomic E-state index is 12.3. The number of carbonyl (C=O) groups is 1. The van der Waals surface area contributed by atoms with Gasteiger partial charge in [-0.1, -0.05) is 43.3 Å². The molecule has 3 aromatic rings. The summed E-state index contributed by atoms with van der Waals surface area (Å²) in [6, 6.07) is 14.8. The second-order valence-electron chi connectivity index (χ2n) is 7.28. The van der Waals surface area contributed by atoms with Gasteiger partial charge in [-0.2, -0.15) is 0 Å². The fourth-order valence-corrected chi connectivity index (χ4v) is 3.60. The molecular formula is C23H25ClN4O2S. The van der Waals surface area contributed by atoms with Crippen LogP contribution in [0.3, 0.4) is 0 Å². The number of hydrogen-bond acceptors (Lipinski definition) is 5. The highest BCUT2D eigenvalue weighted by atomic mass is 35.5. The number of allylic oxidation sites excluding steroid dienone is 1. The summed E-state index contributed by atoms with van der Waals surface area (Å²) in [5, 5.41) is 12.7. The molecule has 0 saturated carbocycles. The summed E-state index contributed by atoms with van der Waals surface area (Å²) < 4.78 is 7.69. The summed E-state index contributed by atoms with van der Waals surface area (Å²) in [4.78, 5) is 12.3. The second kappa shape index (κ2) is 11.0. The minimum absolute atomic E-state index is 0.131. The molecule has 3 rings (SSSR count). The third-order valence-electron chi connectivity index (χ3n) is 4.18. The maximum Gasteiger partial charge on any atom is 0.234 e. The van der Waals surface area contributed by atoms with Gasteiger partial charge in [0.15, 0.2) is 11.0 Å². The van der Waals surface area contributed by atoms with Crippen LogP contribution in [-0.4, -0.2) is 33.0 Å². The Hall–Kier alpha value is -2.77. The molecule has 1 aromatic heterocycles. The van der Waals surface area contributed by atoms with Gasteiger partial charge in [0, 0.05) is 22.8 Å². The molecule has 1 N–H and O–H groups in total. The quantitative estimate of drug-likeness (QED) is 0.320. The monoisotopic (exact) mass is 456 g/mol. The number of benzene rings is 2. The van der Waals surface area contributed by atoms with Gasteiger partial charge in [0.25, 0.3) is 0 Å². The van der Waals surface area contributed by atoms with E-state index in [-0.39, 0.29) is 11.7 Å². The zero-order valence-electron chi connectivity index (χ0n) is 17.5. The van der Waals surface area contributed by atoms with Gasteiger partial charge in [-0.25, -0.2) is 0 Å². The first-order valence-corrected chi connectivity index (χ1v) is 11.3. The van der Waals surface area contributed by atoms with E-state index in [1.165, 1.54) is 11.8 Å². The first-order valence-electron chi connectivity index (χ1n) is 9.92. The molecule has 162 valence electrons. The molecule has 0 unspecified atom stereocenters. The van der Waals surface area contributed by atoms with Gasteiger partial charge in [0.2, 0.25) is 5.91 Å². The van der Waals surface area contributed by atoms with Gasteiger partial charge in [0.05, 0.1) is 12.4 Å². The number of hydrogen-bond donors (Lipinski definition) is 1. The third kappa shape index (κ3) is 6.60. The van der Waals surface area contributed by atoms with E-state index in [1.807, 2.05) is 28.8 Å². The van der Waals surface area contributed by atoms with E-state index < -0.39 is 0 Å². The average molecular weight is 457 g/mol. The predicted octanol–water partition coefficient (Wildman–Crippen LogP) is 5.55. The Kier molecular flexibility index (Phi) is 8.14. The zero-order chi connectivity index (χ0) is 22.2. The first-order chi connectivity index (χ1) is 15.0. The Morgan fingerprint density at radius 1 is 1.19 bits per heavy atom. The molecule has 0 atom stereocenters. The number of nitrogens with zero attached hydrogens (tertiary/aromatic N) is 3. The molecule has 6 nitrogen and oxygen atoms in total. The standard InChI is InChI=1S/C23H25ClN4O2S/c1-4-13-28-22(17-5-11-20(12-6-17)30-14-16(2)3)26-27-23(28)31-15-21(29)25-19-9-7-18(24)8-10-19/h4-12,16H,1,13-15H2,2-3H3,(H,25,29). The van der Waals surface area contributed by atoms with Gasteiger partial charge in [-0.05, 0) is 54.4 Å². The van der Waals surface area contributed by atoms with E-state index in [0.29, 0.717) is 34.9 Å². The fraction of sp³-hybridized carbons (Fsp3) is 0.261. The lowest BCUT2D eigenvalue weighted by atomic mass is 10.2. The number of rotatable bonds is 10. The predicted molar refractivity (Wildman–Crippen MR) is 127 cm³/mol. The van der Waals surface area contributed by atoms with Gasteiger partial charge in [-0.15, -0.1) is 16.8 Å². The van der Waals surface area contributed by atoms with Crippen LogP contribution in [0.4, 0.5) is 5.69 Å².